The Morgan fingerprint density at radius 3 is 1.81 bits per heavy atom. The van der Waals surface area contributed by atoms with Crippen LogP contribution in [0.4, 0.5) is 26.3 Å². The van der Waals surface area contributed by atoms with E-state index in [0.717, 1.165) is 22.6 Å². The molecule has 10 heteroatoms. The lowest BCUT2D eigenvalue weighted by atomic mass is 9.70. The molecule has 0 saturated heterocycles. The minimum Gasteiger partial charge on any atom is -0.491 e. The molecule has 0 aliphatic carbocycles. The molecule has 3 N–H and O–H groups in total. The summed E-state index contributed by atoms with van der Waals surface area (Å²) in [4.78, 5) is 0. The summed E-state index contributed by atoms with van der Waals surface area (Å²) in [5.74, 6) is 3.40. The molecule has 0 aromatic heterocycles. The van der Waals surface area contributed by atoms with Crippen molar-refractivity contribution in [3.63, 3.8) is 0 Å². The summed E-state index contributed by atoms with van der Waals surface area (Å²) in [7, 11) is 0. The van der Waals surface area contributed by atoms with Crippen LogP contribution in [0.5, 0.6) is 5.75 Å². The van der Waals surface area contributed by atoms with Crippen molar-refractivity contribution in [3.8, 4) is 17.6 Å². The molecule has 2 aromatic rings. The minimum atomic E-state index is -6.02. The maximum absolute atomic E-state index is 13.0. The van der Waals surface area contributed by atoms with E-state index >= 15 is 0 Å². The Morgan fingerprint density at radius 2 is 1.38 bits per heavy atom. The Kier molecular flexibility index (Phi) is 9.34. The van der Waals surface area contributed by atoms with Crippen LogP contribution < -0.4 is 4.74 Å². The van der Waals surface area contributed by atoms with E-state index in [9.17, 15) is 36.6 Å². The molecule has 0 aliphatic rings. The van der Waals surface area contributed by atoms with Crippen molar-refractivity contribution in [1.82, 2.24) is 0 Å². The molecule has 1 unspecified atom stereocenters. The lowest BCUT2D eigenvalue weighted by Crippen LogP contribution is -2.55. The van der Waals surface area contributed by atoms with Crippen LogP contribution in [0.15, 0.2) is 36.4 Å². The van der Waals surface area contributed by atoms with E-state index in [4.69, 9.17) is 9.84 Å². The van der Waals surface area contributed by atoms with Gasteiger partial charge >= 0.3 is 18.0 Å². The molecule has 0 saturated carbocycles. The first kappa shape index (κ1) is 30.5. The number of rotatable bonds is 8. The average Bonchev–Trinajstić information content (AvgIpc) is 2.82. The van der Waals surface area contributed by atoms with Gasteiger partial charge in [0, 0.05) is 11.0 Å². The van der Waals surface area contributed by atoms with Crippen LogP contribution in [0.1, 0.15) is 54.5 Å². The third-order valence-electron chi connectivity index (χ3n) is 6.55. The van der Waals surface area contributed by atoms with Crippen LogP contribution >= 0.6 is 0 Å². The van der Waals surface area contributed by atoms with Gasteiger partial charge in [-0.05, 0) is 67.0 Å². The van der Waals surface area contributed by atoms with Gasteiger partial charge in [-0.25, -0.2) is 0 Å². The Bertz CT molecular complexity index is 1130. The van der Waals surface area contributed by atoms with E-state index in [2.05, 4.69) is 0 Å². The molecule has 37 heavy (non-hydrogen) atoms. The second-order valence-electron chi connectivity index (χ2n) is 8.90. The summed E-state index contributed by atoms with van der Waals surface area (Å²) in [5.41, 5.74) is -2.87. The Balaban J connectivity index is 2.50. The van der Waals surface area contributed by atoms with Crippen LogP contribution in [-0.2, 0) is 5.41 Å². The second kappa shape index (κ2) is 11.3. The summed E-state index contributed by atoms with van der Waals surface area (Å²) >= 11 is 0. The van der Waals surface area contributed by atoms with Gasteiger partial charge in [0.15, 0.2) is 0 Å². The van der Waals surface area contributed by atoms with Gasteiger partial charge in [0.25, 0.3) is 0 Å². The maximum Gasteiger partial charge on any atom is 0.438 e. The molecule has 1 atom stereocenters. The predicted octanol–water partition coefficient (Wildman–Crippen LogP) is 5.35. The Labute approximate surface area is 211 Å². The number of halogens is 6. The molecule has 0 heterocycles. The average molecular weight is 533 g/mol. The third kappa shape index (κ3) is 6.22. The quantitative estimate of drug-likeness (QED) is 0.317. The van der Waals surface area contributed by atoms with Gasteiger partial charge in [-0.15, -0.1) is 0 Å². The molecule has 0 radical (unpaired) electrons. The van der Waals surface area contributed by atoms with Gasteiger partial charge in [0.2, 0.25) is 0 Å². The summed E-state index contributed by atoms with van der Waals surface area (Å²) in [6.07, 6.45) is -11.8. The zero-order valence-electron chi connectivity index (χ0n) is 20.9. The van der Waals surface area contributed by atoms with Crippen LogP contribution in [0.3, 0.4) is 0 Å². The van der Waals surface area contributed by atoms with Gasteiger partial charge in [-0.3, -0.25) is 0 Å². The standard InChI is InChI=1S/C27H30F6O4/c1-5-24(6-2,21-9-10-23(18(4)14-21)37-16-22(35)15-34)20-8-7-19(17(3)13-20)11-12-25(36,26(28,29)30)27(31,32)33/h7-10,13-14,22,34-36H,5-6,15-16H2,1-4H3. The summed E-state index contributed by atoms with van der Waals surface area (Å²) in [6, 6.07) is 10.2. The number of hydrogen-bond acceptors (Lipinski definition) is 4. The summed E-state index contributed by atoms with van der Waals surface area (Å²) in [5, 5.41) is 27.8. The van der Waals surface area contributed by atoms with Crippen molar-refractivity contribution in [2.75, 3.05) is 13.2 Å². The number of aryl methyl sites for hydroxylation is 2. The zero-order chi connectivity index (χ0) is 28.2. The normalized spacial score (nSPS) is 13.6. The fourth-order valence-electron chi connectivity index (χ4n) is 4.14. The van der Waals surface area contributed by atoms with Crippen LogP contribution in [-0.4, -0.2) is 52.6 Å². The first-order chi connectivity index (χ1) is 17.1. The Hall–Kier alpha value is -2.74. The summed E-state index contributed by atoms with van der Waals surface area (Å²) < 4.78 is 83.4. The van der Waals surface area contributed by atoms with E-state index in [-0.39, 0.29) is 12.2 Å². The minimum absolute atomic E-state index is 0.0702. The molecular formula is C27H30F6O4. The van der Waals surface area contributed by atoms with Crippen molar-refractivity contribution < 1.29 is 46.4 Å². The van der Waals surface area contributed by atoms with Crippen LogP contribution in [0.25, 0.3) is 0 Å². The van der Waals surface area contributed by atoms with E-state index in [0.29, 0.717) is 24.2 Å². The number of benzene rings is 2. The van der Waals surface area contributed by atoms with Crippen LogP contribution in [0.2, 0.25) is 0 Å². The van der Waals surface area contributed by atoms with Crippen molar-refractivity contribution in [1.29, 1.82) is 0 Å². The number of aliphatic hydroxyl groups excluding tert-OH is 2. The van der Waals surface area contributed by atoms with Gasteiger partial charge in [-0.1, -0.05) is 44.0 Å². The SMILES string of the molecule is CCC(CC)(c1ccc(C#CC(O)(C(F)(F)F)C(F)(F)F)c(C)c1)c1ccc(OCC(O)CO)c(C)c1. The molecule has 2 aromatic carbocycles. The van der Waals surface area contributed by atoms with E-state index in [1.54, 1.807) is 18.2 Å². The maximum atomic E-state index is 13.0. The van der Waals surface area contributed by atoms with Gasteiger partial charge in [0.05, 0.1) is 6.61 Å². The number of ether oxygens (including phenoxy) is 1. The predicted molar refractivity (Wildman–Crippen MR) is 126 cm³/mol. The molecule has 4 nitrogen and oxygen atoms in total. The van der Waals surface area contributed by atoms with Gasteiger partial charge < -0.3 is 20.1 Å². The highest BCUT2D eigenvalue weighted by Gasteiger charge is 2.70. The monoisotopic (exact) mass is 532 g/mol. The van der Waals surface area contributed by atoms with Crippen LogP contribution in [0, 0.1) is 25.7 Å². The number of alkyl halides is 6. The molecule has 2 rings (SSSR count). The molecule has 0 fully saturated rings. The number of hydrogen-bond donors (Lipinski definition) is 3. The molecule has 0 aliphatic heterocycles. The van der Waals surface area contributed by atoms with Crippen molar-refractivity contribution in [2.45, 2.75) is 70.0 Å². The molecule has 0 amide bonds. The topological polar surface area (TPSA) is 69.9 Å². The lowest BCUT2D eigenvalue weighted by molar-refractivity contribution is -0.343. The van der Waals surface area contributed by atoms with Crippen molar-refractivity contribution in [3.05, 3.63) is 64.2 Å². The van der Waals surface area contributed by atoms with E-state index in [1.807, 2.05) is 38.8 Å². The molecule has 0 bridgehead atoms. The lowest BCUT2D eigenvalue weighted by Gasteiger charge is -2.34. The fraction of sp³-hybridized carbons (Fsp3) is 0.481. The molecular weight excluding hydrogens is 502 g/mol. The molecule has 204 valence electrons. The molecule has 0 spiro atoms. The van der Waals surface area contributed by atoms with Crippen molar-refractivity contribution >= 4 is 0 Å². The summed E-state index contributed by atoms with van der Waals surface area (Å²) in [6.45, 7) is 6.78. The van der Waals surface area contributed by atoms with E-state index < -0.39 is 36.1 Å². The highest BCUT2D eigenvalue weighted by Crippen LogP contribution is 2.43. The third-order valence-corrected chi connectivity index (χ3v) is 6.55. The second-order valence-corrected chi connectivity index (χ2v) is 8.90. The first-order valence-corrected chi connectivity index (χ1v) is 11.6. The highest BCUT2D eigenvalue weighted by atomic mass is 19.4. The van der Waals surface area contributed by atoms with Gasteiger partial charge in [0.1, 0.15) is 18.5 Å². The highest BCUT2D eigenvalue weighted by molar-refractivity contribution is 5.50. The van der Waals surface area contributed by atoms with Gasteiger partial charge in [-0.2, -0.15) is 26.3 Å². The zero-order valence-corrected chi connectivity index (χ0v) is 20.9. The first-order valence-electron chi connectivity index (χ1n) is 11.6. The number of aliphatic hydroxyl groups is 3. The largest absolute Gasteiger partial charge is 0.491 e. The van der Waals surface area contributed by atoms with E-state index in [1.165, 1.54) is 13.0 Å². The van der Waals surface area contributed by atoms with Crippen molar-refractivity contribution in [2.24, 2.45) is 0 Å². The smallest absolute Gasteiger partial charge is 0.438 e. The fourth-order valence-corrected chi connectivity index (χ4v) is 4.14. The Morgan fingerprint density at radius 1 is 0.865 bits per heavy atom.